The molecule has 0 unspecified atom stereocenters. The zero-order valence-electron chi connectivity index (χ0n) is 7.24. The van der Waals surface area contributed by atoms with Gasteiger partial charge in [-0.25, -0.2) is 0 Å². The molecule has 1 fully saturated rings. The summed E-state index contributed by atoms with van der Waals surface area (Å²) in [5.74, 6) is 0.677. The molecule has 0 aromatic rings. The average molecular weight is 195 g/mol. The molecule has 1 aliphatic rings. The van der Waals surface area contributed by atoms with Crippen molar-refractivity contribution in [3.05, 3.63) is 0 Å². The topological polar surface area (TPSA) is 0 Å². The van der Waals surface area contributed by atoms with Gasteiger partial charge in [-0.15, -0.1) is 23.2 Å². The Morgan fingerprint density at radius 2 is 2.00 bits per heavy atom. The maximum atomic E-state index is 5.96. The minimum Gasteiger partial charge on any atom is -0.105 e. The highest BCUT2D eigenvalue weighted by Gasteiger charge is 2.38. The zero-order chi connectivity index (χ0) is 8.48. The molecule has 11 heavy (non-hydrogen) atoms. The van der Waals surface area contributed by atoms with Crippen LogP contribution in [0.4, 0.5) is 0 Å². The van der Waals surface area contributed by atoms with Gasteiger partial charge >= 0.3 is 0 Å². The Balaban J connectivity index is 2.64. The third-order valence-corrected chi connectivity index (χ3v) is 4.22. The van der Waals surface area contributed by atoms with Gasteiger partial charge in [-0.05, 0) is 12.3 Å². The Bertz CT molecular complexity index is 134. The van der Waals surface area contributed by atoms with Crippen LogP contribution < -0.4 is 0 Å². The summed E-state index contributed by atoms with van der Waals surface area (Å²) in [5, 5.41) is 0. The smallest absolute Gasteiger partial charge is 0.105 e. The van der Waals surface area contributed by atoms with E-state index in [1.54, 1.807) is 0 Å². The van der Waals surface area contributed by atoms with Crippen LogP contribution in [-0.2, 0) is 0 Å². The van der Waals surface area contributed by atoms with E-state index in [-0.39, 0.29) is 10.3 Å². The summed E-state index contributed by atoms with van der Waals surface area (Å²) in [4.78, 5) is -0.196. The van der Waals surface area contributed by atoms with Gasteiger partial charge in [-0.1, -0.05) is 33.1 Å². The van der Waals surface area contributed by atoms with Gasteiger partial charge < -0.3 is 0 Å². The fourth-order valence-electron chi connectivity index (χ4n) is 1.86. The lowest BCUT2D eigenvalue weighted by atomic mass is 9.69. The lowest BCUT2D eigenvalue weighted by Crippen LogP contribution is -2.34. The standard InChI is InChI=1S/C9H16Cl2/c1-7-5-3-4-6-9(7,2)8(10)11/h7-8H,3-6H2,1-2H3/t7-,9+/m0/s1. The van der Waals surface area contributed by atoms with E-state index in [9.17, 15) is 0 Å². The molecule has 66 valence electrons. The van der Waals surface area contributed by atoms with Crippen LogP contribution in [0.5, 0.6) is 0 Å². The Morgan fingerprint density at radius 3 is 2.36 bits per heavy atom. The molecule has 0 aliphatic heterocycles. The van der Waals surface area contributed by atoms with Crippen molar-refractivity contribution in [1.29, 1.82) is 0 Å². The van der Waals surface area contributed by atoms with Gasteiger partial charge in [0.2, 0.25) is 0 Å². The maximum Gasteiger partial charge on any atom is 0.113 e. The monoisotopic (exact) mass is 194 g/mol. The molecule has 1 saturated carbocycles. The van der Waals surface area contributed by atoms with Crippen molar-refractivity contribution < 1.29 is 0 Å². The average Bonchev–Trinajstić information content (AvgIpc) is 1.95. The van der Waals surface area contributed by atoms with E-state index in [1.807, 2.05) is 0 Å². The first kappa shape index (κ1) is 9.67. The van der Waals surface area contributed by atoms with E-state index in [0.717, 1.165) is 0 Å². The highest BCUT2D eigenvalue weighted by atomic mass is 35.5. The second-order valence-electron chi connectivity index (χ2n) is 3.95. The summed E-state index contributed by atoms with van der Waals surface area (Å²) in [6.45, 7) is 4.47. The minimum absolute atomic E-state index is 0.168. The van der Waals surface area contributed by atoms with E-state index in [2.05, 4.69) is 13.8 Å². The first-order valence-corrected chi connectivity index (χ1v) is 5.23. The van der Waals surface area contributed by atoms with Crippen LogP contribution in [0.2, 0.25) is 0 Å². The molecule has 1 aliphatic carbocycles. The van der Waals surface area contributed by atoms with Gasteiger partial charge in [0.05, 0.1) is 0 Å². The third-order valence-electron chi connectivity index (χ3n) is 3.23. The van der Waals surface area contributed by atoms with E-state index >= 15 is 0 Å². The highest BCUT2D eigenvalue weighted by Crippen LogP contribution is 2.46. The van der Waals surface area contributed by atoms with Gasteiger partial charge in [0.15, 0.2) is 0 Å². The van der Waals surface area contributed by atoms with Crippen LogP contribution in [0.1, 0.15) is 39.5 Å². The summed E-state index contributed by atoms with van der Waals surface area (Å²) >= 11 is 11.9. The van der Waals surface area contributed by atoms with Gasteiger partial charge in [-0.2, -0.15) is 0 Å². The fraction of sp³-hybridized carbons (Fsp3) is 1.00. The predicted octanol–water partition coefficient (Wildman–Crippen LogP) is 4.01. The molecule has 0 radical (unpaired) electrons. The van der Waals surface area contributed by atoms with Gasteiger partial charge in [0.1, 0.15) is 4.84 Å². The first-order chi connectivity index (χ1) is 5.07. The number of rotatable bonds is 1. The van der Waals surface area contributed by atoms with Crippen molar-refractivity contribution in [3.63, 3.8) is 0 Å². The SMILES string of the molecule is C[C@H]1CCCC[C@@]1(C)C(Cl)Cl. The molecule has 0 N–H and O–H groups in total. The largest absolute Gasteiger partial charge is 0.113 e. The molecule has 1 rings (SSSR count). The van der Waals surface area contributed by atoms with Crippen molar-refractivity contribution in [2.75, 3.05) is 0 Å². The van der Waals surface area contributed by atoms with Crippen molar-refractivity contribution in [2.24, 2.45) is 11.3 Å². The van der Waals surface area contributed by atoms with Crippen LogP contribution in [0.15, 0.2) is 0 Å². The summed E-state index contributed by atoms with van der Waals surface area (Å²) in [7, 11) is 0. The summed E-state index contributed by atoms with van der Waals surface area (Å²) in [6, 6.07) is 0. The van der Waals surface area contributed by atoms with Gasteiger partial charge in [0, 0.05) is 5.41 Å². The molecule has 0 nitrogen and oxygen atoms in total. The lowest BCUT2D eigenvalue weighted by molar-refractivity contribution is 0.147. The Hall–Kier alpha value is 0.580. The molecule has 0 bridgehead atoms. The molecular weight excluding hydrogens is 179 g/mol. The maximum absolute atomic E-state index is 5.96. The van der Waals surface area contributed by atoms with Crippen LogP contribution >= 0.6 is 23.2 Å². The summed E-state index contributed by atoms with van der Waals surface area (Å²) in [6.07, 6.45) is 5.10. The number of alkyl halides is 2. The van der Waals surface area contributed by atoms with E-state index in [1.165, 1.54) is 25.7 Å². The van der Waals surface area contributed by atoms with Crippen LogP contribution in [0.25, 0.3) is 0 Å². The summed E-state index contributed by atoms with van der Waals surface area (Å²) < 4.78 is 0. The normalized spacial score (nSPS) is 39.5. The second kappa shape index (κ2) is 3.53. The molecule has 0 aromatic carbocycles. The third kappa shape index (κ3) is 1.84. The Morgan fingerprint density at radius 1 is 1.36 bits per heavy atom. The van der Waals surface area contributed by atoms with Gasteiger partial charge in [0.25, 0.3) is 0 Å². The van der Waals surface area contributed by atoms with Crippen molar-refractivity contribution in [1.82, 2.24) is 0 Å². The van der Waals surface area contributed by atoms with Crippen molar-refractivity contribution in [3.8, 4) is 0 Å². The first-order valence-electron chi connectivity index (χ1n) is 4.35. The van der Waals surface area contributed by atoms with Crippen LogP contribution in [0, 0.1) is 11.3 Å². The molecule has 0 saturated heterocycles. The highest BCUT2D eigenvalue weighted by molar-refractivity contribution is 6.44. The number of hydrogen-bond donors (Lipinski definition) is 0. The fourth-order valence-corrected chi connectivity index (χ4v) is 2.51. The number of halogens is 2. The number of hydrogen-bond acceptors (Lipinski definition) is 0. The Labute approximate surface area is 79.3 Å². The second-order valence-corrected chi connectivity index (χ2v) is 5.05. The van der Waals surface area contributed by atoms with E-state index in [0.29, 0.717) is 5.92 Å². The van der Waals surface area contributed by atoms with Crippen LogP contribution in [-0.4, -0.2) is 4.84 Å². The molecule has 2 heteroatoms. The molecular formula is C9H16Cl2. The quantitative estimate of drug-likeness (QED) is 0.554. The van der Waals surface area contributed by atoms with Crippen LogP contribution in [0.3, 0.4) is 0 Å². The van der Waals surface area contributed by atoms with Crippen molar-refractivity contribution in [2.45, 2.75) is 44.4 Å². The van der Waals surface area contributed by atoms with Gasteiger partial charge in [-0.3, -0.25) is 0 Å². The molecule has 0 spiro atoms. The zero-order valence-corrected chi connectivity index (χ0v) is 8.75. The molecule has 2 atom stereocenters. The Kier molecular flexibility index (Phi) is 3.10. The summed E-state index contributed by atoms with van der Waals surface area (Å²) in [5.41, 5.74) is 0.168. The predicted molar refractivity (Wildman–Crippen MR) is 51.2 cm³/mol. The minimum atomic E-state index is -0.196. The molecule has 0 aromatic heterocycles. The molecule has 0 amide bonds. The van der Waals surface area contributed by atoms with E-state index in [4.69, 9.17) is 23.2 Å². The molecule has 0 heterocycles. The van der Waals surface area contributed by atoms with Crippen molar-refractivity contribution >= 4 is 23.2 Å². The lowest BCUT2D eigenvalue weighted by Gasteiger charge is -2.40. The van der Waals surface area contributed by atoms with E-state index < -0.39 is 0 Å².